The number of hydrogen-bond donors (Lipinski definition) is 2. The maximum atomic E-state index is 10.7. The van der Waals surface area contributed by atoms with Crippen LogP contribution < -0.4 is 0 Å². The van der Waals surface area contributed by atoms with Crippen LogP contribution in [-0.2, 0) is 10.2 Å². The SMILES string of the molecule is CC(C)(c1ccc(O)cc1)C1CCC(O)(CC2CO2)CC1. The molecule has 1 unspecified atom stereocenters. The molecule has 1 aliphatic carbocycles. The van der Waals surface area contributed by atoms with Crippen LogP contribution in [0.25, 0.3) is 0 Å². The first kappa shape index (κ1) is 14.9. The molecule has 3 nitrogen and oxygen atoms in total. The first-order chi connectivity index (χ1) is 9.89. The minimum Gasteiger partial charge on any atom is -0.508 e. The number of hydrogen-bond acceptors (Lipinski definition) is 3. The Morgan fingerprint density at radius 1 is 1.19 bits per heavy atom. The van der Waals surface area contributed by atoms with Crippen molar-refractivity contribution in [3.05, 3.63) is 29.8 Å². The van der Waals surface area contributed by atoms with E-state index in [-0.39, 0.29) is 5.41 Å². The van der Waals surface area contributed by atoms with Crippen molar-refractivity contribution in [2.45, 2.75) is 63.1 Å². The molecule has 116 valence electrons. The molecule has 2 fully saturated rings. The molecule has 2 aliphatic rings. The van der Waals surface area contributed by atoms with Crippen molar-refractivity contribution < 1.29 is 14.9 Å². The number of phenols is 1. The van der Waals surface area contributed by atoms with Crippen molar-refractivity contribution >= 4 is 0 Å². The van der Waals surface area contributed by atoms with Gasteiger partial charge in [0.2, 0.25) is 0 Å². The van der Waals surface area contributed by atoms with E-state index in [0.717, 1.165) is 38.7 Å². The number of rotatable bonds is 4. The van der Waals surface area contributed by atoms with Crippen molar-refractivity contribution in [1.82, 2.24) is 0 Å². The van der Waals surface area contributed by atoms with Crippen molar-refractivity contribution in [3.63, 3.8) is 0 Å². The molecule has 0 amide bonds. The predicted molar refractivity (Wildman–Crippen MR) is 82.4 cm³/mol. The summed E-state index contributed by atoms with van der Waals surface area (Å²) >= 11 is 0. The Balaban J connectivity index is 1.65. The van der Waals surface area contributed by atoms with Gasteiger partial charge >= 0.3 is 0 Å². The number of aromatic hydroxyl groups is 1. The first-order valence-electron chi connectivity index (χ1n) is 8.03. The highest BCUT2D eigenvalue weighted by molar-refractivity contribution is 5.31. The van der Waals surface area contributed by atoms with E-state index in [0.29, 0.717) is 17.8 Å². The topological polar surface area (TPSA) is 53.0 Å². The zero-order valence-electron chi connectivity index (χ0n) is 13.0. The smallest absolute Gasteiger partial charge is 0.115 e. The molecule has 0 bridgehead atoms. The fourth-order valence-electron chi connectivity index (χ4n) is 3.82. The highest BCUT2D eigenvalue weighted by Gasteiger charge is 2.42. The van der Waals surface area contributed by atoms with Gasteiger partial charge < -0.3 is 14.9 Å². The summed E-state index contributed by atoms with van der Waals surface area (Å²) in [6, 6.07) is 7.57. The lowest BCUT2D eigenvalue weighted by Gasteiger charge is -2.43. The highest BCUT2D eigenvalue weighted by Crippen LogP contribution is 2.45. The zero-order chi connectivity index (χ0) is 15.1. The fraction of sp³-hybridized carbons (Fsp3) is 0.667. The minimum absolute atomic E-state index is 0.0745. The molecule has 2 N–H and O–H groups in total. The molecule has 0 spiro atoms. The highest BCUT2D eigenvalue weighted by atomic mass is 16.6. The number of benzene rings is 1. The first-order valence-corrected chi connectivity index (χ1v) is 8.03. The summed E-state index contributed by atoms with van der Waals surface area (Å²) in [6.07, 6.45) is 4.96. The van der Waals surface area contributed by atoms with Gasteiger partial charge in [0.15, 0.2) is 0 Å². The second-order valence-electron chi connectivity index (χ2n) is 7.43. The van der Waals surface area contributed by atoms with E-state index in [1.165, 1.54) is 5.56 Å². The van der Waals surface area contributed by atoms with Gasteiger partial charge in [-0.15, -0.1) is 0 Å². The van der Waals surface area contributed by atoms with Gasteiger partial charge in [-0.05, 0) is 54.7 Å². The maximum Gasteiger partial charge on any atom is 0.115 e. The van der Waals surface area contributed by atoms with Gasteiger partial charge in [-0.3, -0.25) is 0 Å². The molecule has 3 rings (SSSR count). The summed E-state index contributed by atoms with van der Waals surface area (Å²) in [5.74, 6) is 0.888. The van der Waals surface area contributed by atoms with Crippen molar-refractivity contribution in [1.29, 1.82) is 0 Å². The quantitative estimate of drug-likeness (QED) is 0.836. The normalized spacial score (nSPS) is 32.9. The predicted octanol–water partition coefficient (Wildman–Crippen LogP) is 3.38. The Morgan fingerprint density at radius 3 is 2.29 bits per heavy atom. The second-order valence-corrected chi connectivity index (χ2v) is 7.43. The monoisotopic (exact) mass is 290 g/mol. The summed E-state index contributed by atoms with van der Waals surface area (Å²) in [6.45, 7) is 5.38. The summed E-state index contributed by atoms with van der Waals surface area (Å²) in [4.78, 5) is 0. The molecule has 21 heavy (non-hydrogen) atoms. The van der Waals surface area contributed by atoms with E-state index in [4.69, 9.17) is 4.74 Å². The third-order valence-corrected chi connectivity index (χ3v) is 5.56. The van der Waals surface area contributed by atoms with E-state index in [1.54, 1.807) is 12.1 Å². The van der Waals surface area contributed by atoms with Gasteiger partial charge in [0, 0.05) is 6.42 Å². The molecule has 3 heteroatoms. The largest absolute Gasteiger partial charge is 0.508 e. The molecule has 0 aromatic heterocycles. The molecule has 1 saturated heterocycles. The maximum absolute atomic E-state index is 10.7. The fourth-order valence-corrected chi connectivity index (χ4v) is 3.82. The van der Waals surface area contributed by atoms with Crippen molar-refractivity contribution in [2.75, 3.05) is 6.61 Å². The van der Waals surface area contributed by atoms with Crippen LogP contribution in [0.4, 0.5) is 0 Å². The Morgan fingerprint density at radius 2 is 1.76 bits per heavy atom. The standard InChI is InChI=1S/C18H26O3/c1-17(2,13-3-5-15(19)6-4-13)14-7-9-18(20,10-8-14)11-16-12-21-16/h3-6,14,16,19-20H,7-12H2,1-2H3. The average Bonchev–Trinajstić information content (AvgIpc) is 3.23. The van der Waals surface area contributed by atoms with Crippen LogP contribution in [-0.4, -0.2) is 28.5 Å². The minimum atomic E-state index is -0.511. The molecule has 1 atom stereocenters. The third-order valence-electron chi connectivity index (χ3n) is 5.56. The molecule has 1 aliphatic heterocycles. The molecule has 0 radical (unpaired) electrons. The molecule has 1 aromatic rings. The molecular formula is C18H26O3. The number of aliphatic hydroxyl groups is 1. The summed E-state index contributed by atoms with van der Waals surface area (Å²) in [5, 5.41) is 20.1. The zero-order valence-corrected chi connectivity index (χ0v) is 13.0. The second kappa shape index (κ2) is 5.29. The van der Waals surface area contributed by atoms with E-state index in [1.807, 2.05) is 12.1 Å². The van der Waals surface area contributed by atoms with Gasteiger partial charge in [-0.2, -0.15) is 0 Å². The van der Waals surface area contributed by atoms with Gasteiger partial charge in [0.25, 0.3) is 0 Å². The Bertz CT molecular complexity index is 480. The lowest BCUT2D eigenvalue weighted by atomic mass is 9.64. The van der Waals surface area contributed by atoms with Crippen molar-refractivity contribution in [3.8, 4) is 5.75 Å². The van der Waals surface area contributed by atoms with E-state index < -0.39 is 5.60 Å². The molecule has 1 heterocycles. The van der Waals surface area contributed by atoms with Crippen LogP contribution in [0.1, 0.15) is 51.5 Å². The average molecular weight is 290 g/mol. The van der Waals surface area contributed by atoms with Gasteiger partial charge in [-0.25, -0.2) is 0 Å². The van der Waals surface area contributed by atoms with E-state index in [9.17, 15) is 10.2 Å². The van der Waals surface area contributed by atoms with E-state index >= 15 is 0 Å². The molecular weight excluding hydrogens is 264 g/mol. The van der Waals surface area contributed by atoms with Crippen LogP contribution >= 0.6 is 0 Å². The van der Waals surface area contributed by atoms with Crippen LogP contribution in [0.5, 0.6) is 5.75 Å². The van der Waals surface area contributed by atoms with Crippen LogP contribution in [0.15, 0.2) is 24.3 Å². The summed E-state index contributed by atoms with van der Waals surface area (Å²) in [7, 11) is 0. The van der Waals surface area contributed by atoms with Gasteiger partial charge in [-0.1, -0.05) is 26.0 Å². The molecule has 1 aromatic carbocycles. The Labute approximate surface area is 127 Å². The van der Waals surface area contributed by atoms with E-state index in [2.05, 4.69) is 13.8 Å². The molecule has 1 saturated carbocycles. The number of epoxide rings is 1. The van der Waals surface area contributed by atoms with Crippen LogP contribution in [0.3, 0.4) is 0 Å². The number of ether oxygens (including phenoxy) is 1. The Kier molecular flexibility index (Phi) is 3.74. The van der Waals surface area contributed by atoms with Crippen LogP contribution in [0.2, 0.25) is 0 Å². The Hall–Kier alpha value is -1.06. The number of phenolic OH excluding ortho intramolecular Hbond substituents is 1. The third kappa shape index (κ3) is 3.24. The van der Waals surface area contributed by atoms with Crippen LogP contribution in [0, 0.1) is 5.92 Å². The lowest BCUT2D eigenvalue weighted by Crippen LogP contribution is -2.40. The van der Waals surface area contributed by atoms with Gasteiger partial charge in [0.1, 0.15) is 5.75 Å². The summed E-state index contributed by atoms with van der Waals surface area (Å²) in [5.41, 5.74) is 0.828. The van der Waals surface area contributed by atoms with Gasteiger partial charge in [0.05, 0.1) is 18.3 Å². The summed E-state index contributed by atoms with van der Waals surface area (Å²) < 4.78 is 5.27. The van der Waals surface area contributed by atoms with Crippen molar-refractivity contribution in [2.24, 2.45) is 5.92 Å². The lowest BCUT2D eigenvalue weighted by molar-refractivity contribution is -0.0299.